The van der Waals surface area contributed by atoms with Crippen LogP contribution in [0.25, 0.3) is 0 Å². The molecule has 112 valence electrons. The van der Waals surface area contributed by atoms with E-state index in [4.69, 9.17) is 4.74 Å². The summed E-state index contributed by atoms with van der Waals surface area (Å²) in [6.45, 7) is 1.85. The topological polar surface area (TPSA) is 47.4 Å². The molecule has 1 saturated carbocycles. The molecular weight excluding hydrogens is 254 g/mol. The van der Waals surface area contributed by atoms with Gasteiger partial charge in [0.25, 0.3) is 5.91 Å². The lowest BCUT2D eigenvalue weighted by Gasteiger charge is -2.25. The van der Waals surface area contributed by atoms with Crippen molar-refractivity contribution in [1.82, 2.24) is 9.78 Å². The first-order valence-electron chi connectivity index (χ1n) is 7.50. The van der Waals surface area contributed by atoms with Crippen LogP contribution in [0.5, 0.6) is 0 Å². The van der Waals surface area contributed by atoms with Crippen molar-refractivity contribution in [2.45, 2.75) is 57.7 Å². The number of aryl methyl sites for hydroxylation is 1. The Labute approximate surface area is 120 Å². The van der Waals surface area contributed by atoms with E-state index in [1.165, 1.54) is 25.7 Å². The zero-order valence-corrected chi connectivity index (χ0v) is 12.7. The molecule has 1 aliphatic rings. The van der Waals surface area contributed by atoms with Gasteiger partial charge in [0.05, 0.1) is 12.3 Å². The highest BCUT2D eigenvalue weighted by Gasteiger charge is 2.24. The third-order valence-corrected chi connectivity index (χ3v) is 4.02. The molecule has 1 fully saturated rings. The zero-order chi connectivity index (χ0) is 14.5. The van der Waals surface area contributed by atoms with Gasteiger partial charge in [0.2, 0.25) is 0 Å². The number of likely N-dealkylation sites (N-methyl/N-ethyl adjacent to an activating group) is 1. The van der Waals surface area contributed by atoms with Gasteiger partial charge < -0.3 is 4.74 Å². The maximum atomic E-state index is 12.4. The molecule has 5 nitrogen and oxygen atoms in total. The summed E-state index contributed by atoms with van der Waals surface area (Å²) in [4.78, 5) is 14.0. The Bertz CT molecular complexity index is 436. The van der Waals surface area contributed by atoms with Crippen molar-refractivity contribution in [1.29, 1.82) is 0 Å². The zero-order valence-electron chi connectivity index (χ0n) is 12.7. The van der Waals surface area contributed by atoms with Gasteiger partial charge in [-0.3, -0.25) is 14.4 Å². The number of hydrogen-bond acceptors (Lipinski definition) is 3. The molecule has 0 aliphatic heterocycles. The summed E-state index contributed by atoms with van der Waals surface area (Å²) in [5.74, 6) is 0.768. The van der Waals surface area contributed by atoms with E-state index < -0.39 is 6.10 Å². The summed E-state index contributed by atoms with van der Waals surface area (Å²) in [5, 5.41) is 4.09. The standard InChI is InChI=1S/C15H25N3O2/c1-12(20-13-8-6-4-5-7-9-13)15(19)17(2)14-10-11-16-18(14)3/h10-13H,4-9H2,1-3H3/t12-/m1/s1. The molecule has 0 radical (unpaired) electrons. The molecule has 0 aromatic carbocycles. The highest BCUT2D eigenvalue weighted by Crippen LogP contribution is 2.22. The molecule has 2 rings (SSSR count). The summed E-state index contributed by atoms with van der Waals surface area (Å²) in [6, 6.07) is 1.83. The predicted octanol–water partition coefficient (Wildman–Crippen LogP) is 2.51. The second-order valence-electron chi connectivity index (χ2n) is 5.60. The summed E-state index contributed by atoms with van der Waals surface area (Å²) >= 11 is 0. The third-order valence-electron chi connectivity index (χ3n) is 4.02. The van der Waals surface area contributed by atoms with Crippen LogP contribution in [0.1, 0.15) is 45.4 Å². The maximum absolute atomic E-state index is 12.4. The van der Waals surface area contributed by atoms with E-state index in [0.717, 1.165) is 18.7 Å². The van der Waals surface area contributed by atoms with Gasteiger partial charge in [0.1, 0.15) is 11.9 Å². The van der Waals surface area contributed by atoms with Gasteiger partial charge in [0, 0.05) is 20.2 Å². The molecule has 1 amide bonds. The molecule has 0 spiro atoms. The number of carbonyl (C=O) groups excluding carboxylic acids is 1. The molecule has 1 heterocycles. The van der Waals surface area contributed by atoms with Crippen LogP contribution >= 0.6 is 0 Å². The van der Waals surface area contributed by atoms with Crippen molar-refractivity contribution >= 4 is 11.7 Å². The molecule has 5 heteroatoms. The lowest BCUT2D eigenvalue weighted by atomic mass is 10.1. The van der Waals surface area contributed by atoms with Crippen LogP contribution in [0.15, 0.2) is 12.3 Å². The van der Waals surface area contributed by atoms with Gasteiger partial charge in [-0.05, 0) is 19.8 Å². The molecule has 0 unspecified atom stereocenters. The summed E-state index contributed by atoms with van der Waals surface area (Å²) in [6.07, 6.45) is 8.67. The van der Waals surface area contributed by atoms with Crippen LogP contribution < -0.4 is 4.90 Å². The molecule has 1 atom stereocenters. The first-order valence-corrected chi connectivity index (χ1v) is 7.50. The van der Waals surface area contributed by atoms with E-state index in [2.05, 4.69) is 5.10 Å². The molecule has 0 bridgehead atoms. The molecular formula is C15H25N3O2. The van der Waals surface area contributed by atoms with Crippen LogP contribution in [0, 0.1) is 0 Å². The van der Waals surface area contributed by atoms with Crippen LogP contribution in [-0.4, -0.2) is 34.9 Å². The average molecular weight is 279 g/mol. The number of nitrogens with zero attached hydrogens (tertiary/aromatic N) is 3. The fourth-order valence-electron chi connectivity index (χ4n) is 2.81. The van der Waals surface area contributed by atoms with E-state index >= 15 is 0 Å². The molecule has 1 aromatic heterocycles. The molecule has 1 aromatic rings. The Morgan fingerprint density at radius 2 is 2.05 bits per heavy atom. The van der Waals surface area contributed by atoms with E-state index in [9.17, 15) is 4.79 Å². The third kappa shape index (κ3) is 3.60. The van der Waals surface area contributed by atoms with Crippen LogP contribution in [0.3, 0.4) is 0 Å². The van der Waals surface area contributed by atoms with Crippen molar-refractivity contribution in [3.8, 4) is 0 Å². The quantitative estimate of drug-likeness (QED) is 0.796. The number of rotatable bonds is 4. The monoisotopic (exact) mass is 279 g/mol. The SMILES string of the molecule is C[C@@H](OC1CCCCCC1)C(=O)N(C)c1ccnn1C. The largest absolute Gasteiger partial charge is 0.365 e. The number of carbonyl (C=O) groups is 1. The van der Waals surface area contributed by atoms with Gasteiger partial charge in [-0.15, -0.1) is 0 Å². The highest BCUT2D eigenvalue weighted by molar-refractivity contribution is 5.95. The van der Waals surface area contributed by atoms with Crippen molar-refractivity contribution in [3.63, 3.8) is 0 Å². The van der Waals surface area contributed by atoms with Gasteiger partial charge in [0.15, 0.2) is 0 Å². The minimum absolute atomic E-state index is 0.0159. The van der Waals surface area contributed by atoms with Gasteiger partial charge in [-0.25, -0.2) is 0 Å². The van der Waals surface area contributed by atoms with E-state index in [1.807, 2.05) is 20.0 Å². The number of ether oxygens (including phenoxy) is 1. The molecule has 0 N–H and O–H groups in total. The van der Waals surface area contributed by atoms with Gasteiger partial charge >= 0.3 is 0 Å². The average Bonchev–Trinajstić information content (AvgIpc) is 2.70. The minimum atomic E-state index is -0.405. The van der Waals surface area contributed by atoms with E-state index in [-0.39, 0.29) is 12.0 Å². The Morgan fingerprint density at radius 1 is 1.40 bits per heavy atom. The van der Waals surface area contributed by atoms with Gasteiger partial charge in [-0.2, -0.15) is 5.10 Å². The van der Waals surface area contributed by atoms with Gasteiger partial charge in [-0.1, -0.05) is 25.7 Å². The summed E-state index contributed by atoms with van der Waals surface area (Å²) < 4.78 is 7.66. The number of hydrogen-bond donors (Lipinski definition) is 0. The van der Waals surface area contributed by atoms with Crippen molar-refractivity contribution < 1.29 is 9.53 Å². The first-order chi connectivity index (χ1) is 9.59. The number of aromatic nitrogens is 2. The fourth-order valence-corrected chi connectivity index (χ4v) is 2.81. The molecule has 0 saturated heterocycles. The Balaban J connectivity index is 1.92. The van der Waals surface area contributed by atoms with Crippen LogP contribution in [-0.2, 0) is 16.6 Å². The van der Waals surface area contributed by atoms with E-state index in [0.29, 0.717) is 0 Å². The smallest absolute Gasteiger partial charge is 0.256 e. The van der Waals surface area contributed by atoms with Crippen LogP contribution in [0.4, 0.5) is 5.82 Å². The van der Waals surface area contributed by atoms with E-state index in [1.54, 1.807) is 22.8 Å². The fraction of sp³-hybridized carbons (Fsp3) is 0.733. The minimum Gasteiger partial charge on any atom is -0.365 e. The van der Waals surface area contributed by atoms with Crippen molar-refractivity contribution in [3.05, 3.63) is 12.3 Å². The van der Waals surface area contributed by atoms with Crippen molar-refractivity contribution in [2.24, 2.45) is 7.05 Å². The normalized spacial score (nSPS) is 18.6. The maximum Gasteiger partial charge on any atom is 0.256 e. The Kier molecular flexibility index (Phi) is 5.17. The first kappa shape index (κ1) is 15.0. The second-order valence-corrected chi connectivity index (χ2v) is 5.60. The molecule has 20 heavy (non-hydrogen) atoms. The predicted molar refractivity (Wildman–Crippen MR) is 78.7 cm³/mol. The summed E-state index contributed by atoms with van der Waals surface area (Å²) in [7, 11) is 3.60. The Hall–Kier alpha value is -1.36. The van der Waals surface area contributed by atoms with Crippen molar-refractivity contribution in [2.75, 3.05) is 11.9 Å². The summed E-state index contributed by atoms with van der Waals surface area (Å²) in [5.41, 5.74) is 0. The lowest BCUT2D eigenvalue weighted by Crippen LogP contribution is -2.39. The highest BCUT2D eigenvalue weighted by atomic mass is 16.5. The Morgan fingerprint density at radius 3 is 2.60 bits per heavy atom. The second kappa shape index (κ2) is 6.88. The number of amides is 1. The van der Waals surface area contributed by atoms with Crippen LogP contribution in [0.2, 0.25) is 0 Å². The number of anilines is 1. The molecule has 1 aliphatic carbocycles. The lowest BCUT2D eigenvalue weighted by molar-refractivity contribution is -0.132.